The smallest absolute Gasteiger partial charge is 0.123 e. The van der Waals surface area contributed by atoms with Crippen LogP contribution in [0.4, 0.5) is 0 Å². The number of thiazole rings is 1. The third-order valence-electron chi connectivity index (χ3n) is 2.15. The van der Waals surface area contributed by atoms with Gasteiger partial charge in [0.25, 0.3) is 0 Å². The quantitative estimate of drug-likeness (QED) is 0.918. The minimum absolute atomic E-state index is 0.567. The second kappa shape index (κ2) is 4.43. The fraction of sp³-hybridized carbons (Fsp3) is 0.182. The van der Waals surface area contributed by atoms with Crippen molar-refractivity contribution in [2.24, 2.45) is 5.73 Å². The largest absolute Gasteiger partial charge is 0.326 e. The molecule has 15 heavy (non-hydrogen) atoms. The van der Waals surface area contributed by atoms with Gasteiger partial charge in [-0.15, -0.1) is 11.3 Å². The molecule has 1 aromatic heterocycles. The van der Waals surface area contributed by atoms with Crippen LogP contribution in [0.2, 0.25) is 0 Å². The molecule has 0 aliphatic heterocycles. The van der Waals surface area contributed by atoms with E-state index in [4.69, 9.17) is 5.73 Å². The molecule has 0 saturated carbocycles. The van der Waals surface area contributed by atoms with E-state index in [0.717, 1.165) is 25.6 Å². The molecule has 0 aliphatic carbocycles. The highest BCUT2D eigenvalue weighted by Gasteiger charge is 2.07. The Bertz CT molecular complexity index is 479. The third-order valence-corrected chi connectivity index (χ3v) is 3.87. The lowest BCUT2D eigenvalue weighted by molar-refractivity contribution is 1.06. The Morgan fingerprint density at radius 3 is 2.87 bits per heavy atom. The Hall–Kier alpha value is -0.710. The number of halogens is 1. The van der Waals surface area contributed by atoms with Crippen molar-refractivity contribution < 1.29 is 0 Å². The zero-order chi connectivity index (χ0) is 10.8. The maximum Gasteiger partial charge on any atom is 0.123 e. The summed E-state index contributed by atoms with van der Waals surface area (Å²) in [6, 6.07) is 8.15. The topological polar surface area (TPSA) is 38.9 Å². The molecule has 0 spiro atoms. The van der Waals surface area contributed by atoms with Crippen molar-refractivity contribution >= 4 is 27.3 Å². The van der Waals surface area contributed by atoms with Gasteiger partial charge in [-0.1, -0.05) is 28.1 Å². The second-order valence-electron chi connectivity index (χ2n) is 3.24. The van der Waals surface area contributed by atoms with E-state index in [9.17, 15) is 0 Å². The van der Waals surface area contributed by atoms with Gasteiger partial charge in [-0.3, -0.25) is 0 Å². The van der Waals surface area contributed by atoms with E-state index < -0.39 is 0 Å². The summed E-state index contributed by atoms with van der Waals surface area (Å²) in [4.78, 5) is 5.67. The average molecular weight is 283 g/mol. The minimum atomic E-state index is 0.567. The molecule has 0 radical (unpaired) electrons. The van der Waals surface area contributed by atoms with Gasteiger partial charge in [0.05, 0.1) is 5.69 Å². The zero-order valence-electron chi connectivity index (χ0n) is 8.33. The summed E-state index contributed by atoms with van der Waals surface area (Å²) < 4.78 is 1.07. The fourth-order valence-corrected chi connectivity index (χ4v) is 2.70. The molecule has 0 saturated heterocycles. The summed E-state index contributed by atoms with van der Waals surface area (Å²) in [5.74, 6) is 0. The number of benzene rings is 1. The number of hydrogen-bond acceptors (Lipinski definition) is 3. The van der Waals surface area contributed by atoms with Crippen molar-refractivity contribution in [3.05, 3.63) is 39.3 Å². The second-order valence-corrected chi connectivity index (χ2v) is 5.24. The van der Waals surface area contributed by atoms with Crippen molar-refractivity contribution in [2.75, 3.05) is 0 Å². The highest BCUT2D eigenvalue weighted by atomic mass is 79.9. The van der Waals surface area contributed by atoms with Crippen LogP contribution in [0.3, 0.4) is 0 Å². The first kappa shape index (κ1) is 10.8. The molecule has 1 aromatic carbocycles. The van der Waals surface area contributed by atoms with Crippen LogP contribution < -0.4 is 5.73 Å². The van der Waals surface area contributed by atoms with E-state index >= 15 is 0 Å². The number of aryl methyl sites for hydroxylation is 1. The first-order chi connectivity index (χ1) is 7.20. The number of hydrogen-bond donors (Lipinski definition) is 1. The Morgan fingerprint density at radius 2 is 2.27 bits per heavy atom. The molecule has 0 aliphatic rings. The van der Waals surface area contributed by atoms with Crippen molar-refractivity contribution in [1.29, 1.82) is 0 Å². The third kappa shape index (κ3) is 2.27. The van der Waals surface area contributed by atoms with Crippen LogP contribution in [-0.2, 0) is 6.54 Å². The lowest BCUT2D eigenvalue weighted by atomic mass is 10.2. The van der Waals surface area contributed by atoms with Gasteiger partial charge in [-0.25, -0.2) is 4.98 Å². The van der Waals surface area contributed by atoms with E-state index in [1.807, 2.05) is 19.1 Å². The minimum Gasteiger partial charge on any atom is -0.326 e. The Labute approximate surface area is 101 Å². The summed E-state index contributed by atoms with van der Waals surface area (Å²) >= 11 is 5.12. The molecule has 0 bridgehead atoms. The lowest BCUT2D eigenvalue weighted by Crippen LogP contribution is -1.94. The van der Waals surface area contributed by atoms with Crippen molar-refractivity contribution in [2.45, 2.75) is 13.5 Å². The van der Waals surface area contributed by atoms with E-state index in [-0.39, 0.29) is 0 Å². The first-order valence-corrected chi connectivity index (χ1v) is 6.24. The summed E-state index contributed by atoms with van der Waals surface area (Å²) in [7, 11) is 0. The van der Waals surface area contributed by atoms with Crippen LogP contribution in [-0.4, -0.2) is 4.98 Å². The van der Waals surface area contributed by atoms with Crippen molar-refractivity contribution in [1.82, 2.24) is 4.98 Å². The molecular weight excluding hydrogens is 272 g/mol. The lowest BCUT2D eigenvalue weighted by Gasteiger charge is -1.95. The zero-order valence-corrected chi connectivity index (χ0v) is 10.7. The Kier molecular flexibility index (Phi) is 3.19. The highest BCUT2D eigenvalue weighted by Crippen LogP contribution is 2.29. The van der Waals surface area contributed by atoms with Gasteiger partial charge >= 0.3 is 0 Å². The number of rotatable bonds is 2. The number of nitrogens with two attached hydrogens (primary N) is 1. The molecule has 2 nitrogen and oxygen atoms in total. The van der Waals surface area contributed by atoms with Crippen molar-refractivity contribution in [3.8, 4) is 10.6 Å². The highest BCUT2D eigenvalue weighted by molar-refractivity contribution is 9.10. The van der Waals surface area contributed by atoms with Crippen LogP contribution in [0.1, 0.15) is 10.6 Å². The molecule has 2 N–H and O–H groups in total. The molecule has 0 amide bonds. The van der Waals surface area contributed by atoms with Crippen LogP contribution in [0.15, 0.2) is 28.7 Å². The Balaban J connectivity index is 2.45. The van der Waals surface area contributed by atoms with E-state index in [1.54, 1.807) is 11.3 Å². The van der Waals surface area contributed by atoms with E-state index in [0.29, 0.717) is 6.54 Å². The first-order valence-electron chi connectivity index (χ1n) is 4.63. The van der Waals surface area contributed by atoms with Crippen LogP contribution in [0.25, 0.3) is 10.6 Å². The number of nitrogens with zero attached hydrogens (tertiary/aromatic N) is 1. The molecular formula is C11H11BrN2S. The molecule has 1 heterocycles. The van der Waals surface area contributed by atoms with Crippen LogP contribution in [0.5, 0.6) is 0 Å². The molecule has 0 atom stereocenters. The standard InChI is InChI=1S/C11H11BrN2S/c1-7-10(6-13)15-11(14-7)8-3-2-4-9(12)5-8/h2-5H,6,13H2,1H3. The maximum atomic E-state index is 5.63. The van der Waals surface area contributed by atoms with Crippen LogP contribution >= 0.6 is 27.3 Å². The summed E-state index contributed by atoms with van der Waals surface area (Å²) in [6.45, 7) is 2.57. The molecule has 2 aromatic rings. The van der Waals surface area contributed by atoms with Gasteiger partial charge in [0.1, 0.15) is 5.01 Å². The van der Waals surface area contributed by atoms with E-state index in [1.165, 1.54) is 0 Å². The van der Waals surface area contributed by atoms with Gasteiger partial charge in [0.15, 0.2) is 0 Å². The van der Waals surface area contributed by atoms with Gasteiger partial charge in [0, 0.05) is 21.5 Å². The van der Waals surface area contributed by atoms with Gasteiger partial charge in [0.2, 0.25) is 0 Å². The predicted octanol–water partition coefficient (Wildman–Crippen LogP) is 3.34. The molecule has 2 rings (SSSR count). The monoisotopic (exact) mass is 282 g/mol. The fourth-order valence-electron chi connectivity index (χ4n) is 1.36. The van der Waals surface area contributed by atoms with Crippen molar-refractivity contribution in [3.63, 3.8) is 0 Å². The average Bonchev–Trinajstić information content (AvgIpc) is 2.60. The molecule has 78 valence electrons. The van der Waals surface area contributed by atoms with Gasteiger partial charge in [-0.05, 0) is 19.1 Å². The Morgan fingerprint density at radius 1 is 1.47 bits per heavy atom. The summed E-state index contributed by atoms with van der Waals surface area (Å²) in [6.07, 6.45) is 0. The van der Waals surface area contributed by atoms with E-state index in [2.05, 4.69) is 33.0 Å². The van der Waals surface area contributed by atoms with Crippen LogP contribution in [0, 0.1) is 6.92 Å². The molecule has 0 fully saturated rings. The molecule has 0 unspecified atom stereocenters. The normalized spacial score (nSPS) is 10.6. The van der Waals surface area contributed by atoms with Gasteiger partial charge < -0.3 is 5.73 Å². The summed E-state index contributed by atoms with van der Waals surface area (Å²) in [5, 5.41) is 1.04. The molecule has 4 heteroatoms. The predicted molar refractivity (Wildman–Crippen MR) is 67.9 cm³/mol. The van der Waals surface area contributed by atoms with Gasteiger partial charge in [-0.2, -0.15) is 0 Å². The SMILES string of the molecule is Cc1nc(-c2cccc(Br)c2)sc1CN. The summed E-state index contributed by atoms with van der Waals surface area (Å²) in [5.41, 5.74) is 7.81. The number of aromatic nitrogens is 1. The maximum absolute atomic E-state index is 5.63.